The molecule has 0 radical (unpaired) electrons. The van der Waals surface area contributed by atoms with Gasteiger partial charge in [-0.15, -0.1) is 0 Å². The second-order valence-corrected chi connectivity index (χ2v) is 6.65. The third kappa shape index (κ3) is 2.35. The molecule has 0 aliphatic carbocycles. The van der Waals surface area contributed by atoms with Crippen LogP contribution >= 0.6 is 0 Å². The number of rotatable bonds is 4. The highest BCUT2D eigenvalue weighted by Crippen LogP contribution is 2.32. The first-order valence-electron chi connectivity index (χ1n) is 8.53. The maximum absolute atomic E-state index is 4.81. The molecular formula is C17H23N7. The van der Waals surface area contributed by atoms with Crippen LogP contribution in [0.25, 0.3) is 11.0 Å². The van der Waals surface area contributed by atoms with Gasteiger partial charge in [-0.1, -0.05) is 6.92 Å². The fourth-order valence-corrected chi connectivity index (χ4v) is 3.43. The molecule has 0 unspecified atom stereocenters. The summed E-state index contributed by atoms with van der Waals surface area (Å²) in [6.07, 6.45) is 3.80. The molecule has 1 saturated heterocycles. The summed E-state index contributed by atoms with van der Waals surface area (Å²) in [5.41, 5.74) is 3.21. The van der Waals surface area contributed by atoms with Gasteiger partial charge in [-0.25, -0.2) is 9.97 Å². The Kier molecular flexibility index (Phi) is 3.51. The summed E-state index contributed by atoms with van der Waals surface area (Å²) in [7, 11) is 1.93. The number of aromatic nitrogens is 6. The topological polar surface area (TPSA) is 64.7 Å². The minimum Gasteiger partial charge on any atom is -0.351 e. The lowest BCUT2D eigenvalue weighted by molar-refractivity contribution is 0.359. The van der Waals surface area contributed by atoms with E-state index in [-0.39, 0.29) is 0 Å². The first-order chi connectivity index (χ1) is 11.6. The Bertz CT molecular complexity index is 886. The van der Waals surface area contributed by atoms with Crippen molar-refractivity contribution in [1.82, 2.24) is 29.5 Å². The molecule has 0 amide bonds. The van der Waals surface area contributed by atoms with Gasteiger partial charge in [0.2, 0.25) is 0 Å². The van der Waals surface area contributed by atoms with Crippen molar-refractivity contribution >= 4 is 16.9 Å². The summed E-state index contributed by atoms with van der Waals surface area (Å²) in [5, 5.41) is 10.0. The normalized spacial score (nSPS) is 15.2. The Morgan fingerprint density at radius 3 is 2.67 bits per heavy atom. The van der Waals surface area contributed by atoms with Crippen LogP contribution in [0.5, 0.6) is 0 Å². The number of aryl methyl sites for hydroxylation is 4. The minimum atomic E-state index is 0.412. The van der Waals surface area contributed by atoms with Crippen molar-refractivity contribution in [3.05, 3.63) is 29.5 Å². The van der Waals surface area contributed by atoms with E-state index >= 15 is 0 Å². The second kappa shape index (κ2) is 5.58. The van der Waals surface area contributed by atoms with Gasteiger partial charge in [0.05, 0.1) is 23.3 Å². The molecule has 0 N–H and O–H groups in total. The van der Waals surface area contributed by atoms with Gasteiger partial charge in [-0.05, 0) is 26.3 Å². The lowest BCUT2D eigenvalue weighted by atomic mass is 10.1. The number of fused-ring (bicyclic) bond motifs is 1. The Balaban J connectivity index is 1.64. The first-order valence-corrected chi connectivity index (χ1v) is 8.53. The lowest BCUT2D eigenvalue weighted by Gasteiger charge is -2.40. The predicted molar refractivity (Wildman–Crippen MR) is 93.3 cm³/mol. The SMILES string of the molecule is CCCc1nc(N2CC(n3nc(C)cc3C)C2)c2cnn(C)c2n1. The molecule has 1 aliphatic heterocycles. The average Bonchev–Trinajstić information content (AvgIpc) is 3.02. The van der Waals surface area contributed by atoms with E-state index in [9.17, 15) is 0 Å². The molecule has 1 aliphatic rings. The van der Waals surface area contributed by atoms with E-state index in [0.29, 0.717) is 6.04 Å². The van der Waals surface area contributed by atoms with Crippen molar-refractivity contribution in [2.45, 2.75) is 39.7 Å². The van der Waals surface area contributed by atoms with Crippen LogP contribution in [0.1, 0.15) is 36.6 Å². The summed E-state index contributed by atoms with van der Waals surface area (Å²) in [6.45, 7) is 8.16. The van der Waals surface area contributed by atoms with Crippen LogP contribution in [0.4, 0.5) is 5.82 Å². The Hall–Kier alpha value is -2.44. The number of hydrogen-bond acceptors (Lipinski definition) is 5. The molecule has 7 nitrogen and oxygen atoms in total. The fourth-order valence-electron chi connectivity index (χ4n) is 3.43. The number of anilines is 1. The zero-order chi connectivity index (χ0) is 16.8. The van der Waals surface area contributed by atoms with Crippen molar-refractivity contribution in [2.75, 3.05) is 18.0 Å². The van der Waals surface area contributed by atoms with Crippen LogP contribution in [0.3, 0.4) is 0 Å². The van der Waals surface area contributed by atoms with Gasteiger partial charge in [0.25, 0.3) is 0 Å². The van der Waals surface area contributed by atoms with Crippen molar-refractivity contribution in [3.63, 3.8) is 0 Å². The molecule has 0 aromatic carbocycles. The van der Waals surface area contributed by atoms with Gasteiger partial charge in [-0.2, -0.15) is 10.2 Å². The van der Waals surface area contributed by atoms with Crippen molar-refractivity contribution in [1.29, 1.82) is 0 Å². The quantitative estimate of drug-likeness (QED) is 0.736. The molecule has 0 spiro atoms. The van der Waals surface area contributed by atoms with Crippen LogP contribution in [0.15, 0.2) is 12.3 Å². The third-order valence-electron chi connectivity index (χ3n) is 4.64. The monoisotopic (exact) mass is 325 g/mol. The maximum Gasteiger partial charge on any atom is 0.163 e. The minimum absolute atomic E-state index is 0.412. The van der Waals surface area contributed by atoms with Crippen molar-refractivity contribution in [2.24, 2.45) is 7.05 Å². The van der Waals surface area contributed by atoms with Gasteiger partial charge < -0.3 is 4.90 Å². The highest BCUT2D eigenvalue weighted by Gasteiger charge is 2.32. The zero-order valence-electron chi connectivity index (χ0n) is 14.7. The Labute approximate surface area is 141 Å². The van der Waals surface area contributed by atoms with Crippen LogP contribution in [0.2, 0.25) is 0 Å². The molecule has 1 fully saturated rings. The van der Waals surface area contributed by atoms with Crippen molar-refractivity contribution < 1.29 is 0 Å². The van der Waals surface area contributed by atoms with Gasteiger partial charge in [-0.3, -0.25) is 9.36 Å². The van der Waals surface area contributed by atoms with Crippen LogP contribution in [0, 0.1) is 13.8 Å². The molecule has 7 heteroatoms. The highest BCUT2D eigenvalue weighted by atomic mass is 15.4. The van der Waals surface area contributed by atoms with E-state index in [1.807, 2.05) is 24.9 Å². The summed E-state index contributed by atoms with van der Waals surface area (Å²) in [5.74, 6) is 1.91. The smallest absolute Gasteiger partial charge is 0.163 e. The van der Waals surface area contributed by atoms with E-state index in [0.717, 1.165) is 54.3 Å². The fraction of sp³-hybridized carbons (Fsp3) is 0.529. The second-order valence-electron chi connectivity index (χ2n) is 6.65. The third-order valence-corrected chi connectivity index (χ3v) is 4.64. The van der Waals surface area contributed by atoms with Crippen LogP contribution < -0.4 is 4.90 Å². The maximum atomic E-state index is 4.81. The van der Waals surface area contributed by atoms with Crippen LogP contribution in [-0.2, 0) is 13.5 Å². The van der Waals surface area contributed by atoms with Gasteiger partial charge in [0, 0.05) is 32.3 Å². The summed E-state index contributed by atoms with van der Waals surface area (Å²) >= 11 is 0. The number of nitrogens with zero attached hydrogens (tertiary/aromatic N) is 7. The van der Waals surface area contributed by atoms with Gasteiger partial charge >= 0.3 is 0 Å². The summed E-state index contributed by atoms with van der Waals surface area (Å²) < 4.78 is 3.97. The summed E-state index contributed by atoms with van der Waals surface area (Å²) in [4.78, 5) is 11.8. The molecule has 3 aromatic heterocycles. The predicted octanol–water partition coefficient (Wildman–Crippen LogP) is 2.19. The van der Waals surface area contributed by atoms with Gasteiger partial charge in [0.15, 0.2) is 5.65 Å². The van der Waals surface area contributed by atoms with Crippen molar-refractivity contribution in [3.8, 4) is 0 Å². The largest absolute Gasteiger partial charge is 0.351 e. The van der Waals surface area contributed by atoms with E-state index in [4.69, 9.17) is 4.98 Å². The molecular weight excluding hydrogens is 302 g/mol. The molecule has 0 atom stereocenters. The van der Waals surface area contributed by atoms with E-state index in [2.05, 4.69) is 44.7 Å². The molecule has 4 rings (SSSR count). The standard InChI is InChI=1S/C17H23N7/c1-5-6-15-19-16-14(8-18-22(16)4)17(20-15)23-9-13(10-23)24-12(3)7-11(2)21-24/h7-8,13H,5-6,9-10H2,1-4H3. The zero-order valence-corrected chi connectivity index (χ0v) is 14.7. The first kappa shape index (κ1) is 15.1. The Morgan fingerprint density at radius 2 is 2.00 bits per heavy atom. The van der Waals surface area contributed by atoms with E-state index in [1.54, 1.807) is 0 Å². The molecule has 0 bridgehead atoms. The van der Waals surface area contributed by atoms with Crippen LogP contribution in [-0.4, -0.2) is 42.6 Å². The van der Waals surface area contributed by atoms with Gasteiger partial charge in [0.1, 0.15) is 11.6 Å². The highest BCUT2D eigenvalue weighted by molar-refractivity contribution is 5.87. The molecule has 3 aromatic rings. The summed E-state index contributed by atoms with van der Waals surface area (Å²) in [6, 6.07) is 2.54. The van der Waals surface area contributed by atoms with E-state index < -0.39 is 0 Å². The molecule has 4 heterocycles. The molecule has 126 valence electrons. The van der Waals surface area contributed by atoms with E-state index in [1.165, 1.54) is 5.69 Å². The molecule has 24 heavy (non-hydrogen) atoms. The Morgan fingerprint density at radius 1 is 1.21 bits per heavy atom. The number of hydrogen-bond donors (Lipinski definition) is 0. The average molecular weight is 325 g/mol. The molecule has 0 saturated carbocycles. The lowest BCUT2D eigenvalue weighted by Crippen LogP contribution is -2.49.